The van der Waals surface area contributed by atoms with Crippen molar-refractivity contribution in [2.45, 2.75) is 20.4 Å². The van der Waals surface area contributed by atoms with E-state index in [0.717, 1.165) is 44.0 Å². The lowest BCUT2D eigenvalue weighted by Crippen LogP contribution is -2.49. The molecule has 0 radical (unpaired) electrons. The van der Waals surface area contributed by atoms with Gasteiger partial charge in [0.2, 0.25) is 0 Å². The Morgan fingerprint density at radius 2 is 1.76 bits per heavy atom. The zero-order valence-electron chi connectivity index (χ0n) is 15.1. The van der Waals surface area contributed by atoms with E-state index in [1.165, 1.54) is 11.1 Å². The average molecular weight is 338 g/mol. The van der Waals surface area contributed by atoms with Gasteiger partial charge in [-0.2, -0.15) is 0 Å². The second-order valence-electron chi connectivity index (χ2n) is 6.69. The normalized spacial score (nSPS) is 15.2. The highest BCUT2D eigenvalue weighted by Crippen LogP contribution is 2.14. The van der Waals surface area contributed by atoms with Gasteiger partial charge in [-0.3, -0.25) is 9.69 Å². The minimum atomic E-state index is 0.0667. The fraction of sp³-hybridized carbons (Fsp3) is 0.381. The maximum Gasteiger partial charge on any atom is 0.260 e. The fourth-order valence-corrected chi connectivity index (χ4v) is 3.13. The Balaban J connectivity index is 1.45. The molecule has 1 fully saturated rings. The van der Waals surface area contributed by atoms with Gasteiger partial charge in [0.15, 0.2) is 6.61 Å². The number of amides is 1. The standard InChI is InChI=1S/C21H26N2O2/c1-17-6-5-9-20(14-17)25-16-21(24)23-12-10-22(11-13-23)15-19-8-4-3-7-18(19)2/h3-9,14H,10-13,15-16H2,1-2H3. The van der Waals surface area contributed by atoms with Crippen LogP contribution in [0.25, 0.3) is 0 Å². The predicted molar refractivity (Wildman–Crippen MR) is 99.7 cm³/mol. The van der Waals surface area contributed by atoms with Crippen LogP contribution in [-0.4, -0.2) is 48.5 Å². The predicted octanol–water partition coefficient (Wildman–Crippen LogP) is 3.03. The zero-order chi connectivity index (χ0) is 17.6. The van der Waals surface area contributed by atoms with Gasteiger partial charge >= 0.3 is 0 Å². The second-order valence-corrected chi connectivity index (χ2v) is 6.69. The van der Waals surface area contributed by atoms with Gasteiger partial charge in [0.25, 0.3) is 5.91 Å². The number of hydrogen-bond acceptors (Lipinski definition) is 3. The zero-order valence-corrected chi connectivity index (χ0v) is 15.1. The Hall–Kier alpha value is -2.33. The number of benzene rings is 2. The molecule has 0 aliphatic carbocycles. The first-order chi connectivity index (χ1) is 12.1. The molecular weight excluding hydrogens is 312 g/mol. The van der Waals surface area contributed by atoms with Crippen molar-refractivity contribution in [1.29, 1.82) is 0 Å². The third-order valence-corrected chi connectivity index (χ3v) is 4.73. The molecule has 1 aliphatic heterocycles. The van der Waals surface area contributed by atoms with Crippen molar-refractivity contribution in [3.05, 3.63) is 65.2 Å². The summed E-state index contributed by atoms with van der Waals surface area (Å²) in [4.78, 5) is 16.7. The van der Waals surface area contributed by atoms with Crippen LogP contribution in [0.1, 0.15) is 16.7 Å². The smallest absolute Gasteiger partial charge is 0.260 e. The van der Waals surface area contributed by atoms with Crippen molar-refractivity contribution < 1.29 is 9.53 Å². The van der Waals surface area contributed by atoms with Crippen LogP contribution in [0.2, 0.25) is 0 Å². The monoisotopic (exact) mass is 338 g/mol. The van der Waals surface area contributed by atoms with E-state index in [1.54, 1.807) is 0 Å². The third-order valence-electron chi connectivity index (χ3n) is 4.73. The lowest BCUT2D eigenvalue weighted by atomic mass is 10.1. The molecule has 25 heavy (non-hydrogen) atoms. The summed E-state index contributed by atoms with van der Waals surface area (Å²) in [6.07, 6.45) is 0. The summed E-state index contributed by atoms with van der Waals surface area (Å²) in [6.45, 7) is 8.58. The van der Waals surface area contributed by atoms with E-state index in [4.69, 9.17) is 4.74 Å². The molecule has 1 saturated heterocycles. The van der Waals surface area contributed by atoms with Gasteiger partial charge in [-0.1, -0.05) is 36.4 Å². The number of carbonyl (C=O) groups excluding carboxylic acids is 1. The Labute approximate surface area is 150 Å². The van der Waals surface area contributed by atoms with Crippen LogP contribution in [0.3, 0.4) is 0 Å². The first-order valence-electron chi connectivity index (χ1n) is 8.86. The number of ether oxygens (including phenoxy) is 1. The fourth-order valence-electron chi connectivity index (χ4n) is 3.13. The molecule has 0 N–H and O–H groups in total. The Morgan fingerprint density at radius 1 is 1.00 bits per heavy atom. The topological polar surface area (TPSA) is 32.8 Å². The van der Waals surface area contributed by atoms with Crippen LogP contribution < -0.4 is 4.74 Å². The average Bonchev–Trinajstić information content (AvgIpc) is 2.62. The molecule has 132 valence electrons. The van der Waals surface area contributed by atoms with Gasteiger partial charge < -0.3 is 9.64 Å². The van der Waals surface area contributed by atoms with Crippen LogP contribution in [0.4, 0.5) is 0 Å². The SMILES string of the molecule is Cc1cccc(OCC(=O)N2CCN(Cc3ccccc3C)CC2)c1. The van der Waals surface area contributed by atoms with Crippen molar-refractivity contribution in [1.82, 2.24) is 9.80 Å². The van der Waals surface area contributed by atoms with Gasteiger partial charge in [-0.05, 0) is 42.7 Å². The summed E-state index contributed by atoms with van der Waals surface area (Å²) in [5.41, 5.74) is 3.83. The van der Waals surface area contributed by atoms with Crippen molar-refractivity contribution in [2.75, 3.05) is 32.8 Å². The molecular formula is C21H26N2O2. The molecule has 3 rings (SSSR count). The van der Waals surface area contributed by atoms with E-state index in [2.05, 4.69) is 36.1 Å². The molecule has 0 spiro atoms. The van der Waals surface area contributed by atoms with E-state index in [9.17, 15) is 4.79 Å². The van der Waals surface area contributed by atoms with Crippen LogP contribution in [0.5, 0.6) is 5.75 Å². The van der Waals surface area contributed by atoms with Gasteiger partial charge in [-0.15, -0.1) is 0 Å². The maximum absolute atomic E-state index is 12.4. The maximum atomic E-state index is 12.4. The van der Waals surface area contributed by atoms with Gasteiger partial charge in [-0.25, -0.2) is 0 Å². The number of rotatable bonds is 5. The lowest BCUT2D eigenvalue weighted by Gasteiger charge is -2.35. The molecule has 1 aliphatic rings. The molecule has 0 bridgehead atoms. The molecule has 0 atom stereocenters. The summed E-state index contributed by atoms with van der Waals surface area (Å²) in [5, 5.41) is 0. The summed E-state index contributed by atoms with van der Waals surface area (Å²) in [7, 11) is 0. The van der Waals surface area contributed by atoms with E-state index >= 15 is 0 Å². The number of piperazine rings is 1. The molecule has 2 aromatic carbocycles. The molecule has 2 aromatic rings. The molecule has 4 heteroatoms. The largest absolute Gasteiger partial charge is 0.484 e. The van der Waals surface area contributed by atoms with Gasteiger partial charge in [0.05, 0.1) is 0 Å². The van der Waals surface area contributed by atoms with Crippen LogP contribution in [0.15, 0.2) is 48.5 Å². The Kier molecular flexibility index (Phi) is 5.71. The Bertz CT molecular complexity index is 721. The summed E-state index contributed by atoms with van der Waals surface area (Å²) < 4.78 is 5.64. The van der Waals surface area contributed by atoms with Crippen molar-refractivity contribution >= 4 is 5.91 Å². The highest BCUT2D eigenvalue weighted by molar-refractivity contribution is 5.77. The third kappa shape index (κ3) is 4.83. The molecule has 1 amide bonds. The lowest BCUT2D eigenvalue weighted by molar-refractivity contribution is -0.135. The highest BCUT2D eigenvalue weighted by atomic mass is 16.5. The quantitative estimate of drug-likeness (QED) is 0.840. The van der Waals surface area contributed by atoms with E-state index in [1.807, 2.05) is 36.1 Å². The van der Waals surface area contributed by atoms with E-state index < -0.39 is 0 Å². The van der Waals surface area contributed by atoms with Crippen molar-refractivity contribution in [3.8, 4) is 5.75 Å². The van der Waals surface area contributed by atoms with Crippen LogP contribution >= 0.6 is 0 Å². The molecule has 0 aromatic heterocycles. The first-order valence-corrected chi connectivity index (χ1v) is 8.86. The van der Waals surface area contributed by atoms with E-state index in [-0.39, 0.29) is 12.5 Å². The van der Waals surface area contributed by atoms with Crippen LogP contribution in [-0.2, 0) is 11.3 Å². The number of hydrogen-bond donors (Lipinski definition) is 0. The van der Waals surface area contributed by atoms with Crippen LogP contribution in [0, 0.1) is 13.8 Å². The second kappa shape index (κ2) is 8.17. The molecule has 1 heterocycles. The van der Waals surface area contributed by atoms with Gasteiger partial charge in [0, 0.05) is 32.7 Å². The minimum absolute atomic E-state index is 0.0667. The minimum Gasteiger partial charge on any atom is -0.484 e. The number of aryl methyl sites for hydroxylation is 2. The van der Waals surface area contributed by atoms with E-state index in [0.29, 0.717) is 0 Å². The Morgan fingerprint density at radius 3 is 2.48 bits per heavy atom. The number of carbonyl (C=O) groups is 1. The highest BCUT2D eigenvalue weighted by Gasteiger charge is 2.21. The van der Waals surface area contributed by atoms with Crippen molar-refractivity contribution in [2.24, 2.45) is 0 Å². The summed E-state index contributed by atoms with van der Waals surface area (Å²) in [6, 6.07) is 16.3. The molecule has 0 saturated carbocycles. The summed E-state index contributed by atoms with van der Waals surface area (Å²) >= 11 is 0. The van der Waals surface area contributed by atoms with Crippen molar-refractivity contribution in [3.63, 3.8) is 0 Å². The van der Waals surface area contributed by atoms with Gasteiger partial charge in [0.1, 0.15) is 5.75 Å². The first kappa shape index (κ1) is 17.5. The summed E-state index contributed by atoms with van der Waals surface area (Å²) in [5.74, 6) is 0.823. The molecule has 4 nitrogen and oxygen atoms in total. The number of nitrogens with zero attached hydrogens (tertiary/aromatic N) is 2. The molecule has 0 unspecified atom stereocenters.